The maximum Gasteiger partial charge on any atom is 0.251 e. The van der Waals surface area contributed by atoms with Crippen LogP contribution in [0.3, 0.4) is 0 Å². The van der Waals surface area contributed by atoms with Crippen LogP contribution < -0.4 is 5.32 Å². The molecule has 0 bridgehead atoms. The van der Waals surface area contributed by atoms with Crippen molar-refractivity contribution in [1.29, 1.82) is 0 Å². The first-order valence-corrected chi connectivity index (χ1v) is 12.4. The van der Waals surface area contributed by atoms with Crippen LogP contribution in [0.2, 0.25) is 0 Å². The highest BCUT2D eigenvalue weighted by molar-refractivity contribution is 7.89. The average Bonchev–Trinajstić information content (AvgIpc) is 3.24. The SMILES string of the molecule is CN(C)S(=O)(=O)c1ccc(C(=O)NCC(c2cccn2C)N2CCc3ccccc3C2)cc1. The van der Waals surface area contributed by atoms with E-state index in [9.17, 15) is 13.2 Å². The van der Waals surface area contributed by atoms with Crippen molar-refractivity contribution in [1.82, 2.24) is 19.1 Å². The Morgan fingerprint density at radius 3 is 2.36 bits per heavy atom. The van der Waals surface area contributed by atoms with Gasteiger partial charge in [-0.1, -0.05) is 24.3 Å². The minimum absolute atomic E-state index is 0.0238. The third-order valence-corrected chi connectivity index (χ3v) is 8.11. The zero-order valence-electron chi connectivity index (χ0n) is 19.2. The zero-order chi connectivity index (χ0) is 23.6. The van der Waals surface area contributed by atoms with Crippen LogP contribution in [0.5, 0.6) is 0 Å². The lowest BCUT2D eigenvalue weighted by atomic mass is 9.97. The number of carbonyl (C=O) groups is 1. The van der Waals surface area contributed by atoms with Crippen LogP contribution >= 0.6 is 0 Å². The van der Waals surface area contributed by atoms with Crippen molar-refractivity contribution in [2.24, 2.45) is 7.05 Å². The van der Waals surface area contributed by atoms with E-state index in [2.05, 4.69) is 45.1 Å². The summed E-state index contributed by atoms with van der Waals surface area (Å²) < 4.78 is 27.8. The second-order valence-electron chi connectivity index (χ2n) is 8.57. The number of nitrogens with zero attached hydrogens (tertiary/aromatic N) is 3. The van der Waals surface area contributed by atoms with Crippen LogP contribution in [0.15, 0.2) is 71.8 Å². The van der Waals surface area contributed by atoms with E-state index in [0.717, 1.165) is 29.5 Å². The van der Waals surface area contributed by atoms with E-state index in [0.29, 0.717) is 12.1 Å². The minimum atomic E-state index is -3.53. The number of hydrogen-bond acceptors (Lipinski definition) is 4. The topological polar surface area (TPSA) is 74.6 Å². The maximum absolute atomic E-state index is 12.9. The van der Waals surface area contributed by atoms with Gasteiger partial charge >= 0.3 is 0 Å². The second-order valence-corrected chi connectivity index (χ2v) is 10.7. The molecule has 33 heavy (non-hydrogen) atoms. The molecule has 0 aliphatic carbocycles. The van der Waals surface area contributed by atoms with Crippen LogP contribution in [0.4, 0.5) is 0 Å². The Bertz CT molecular complexity index is 1230. The third kappa shape index (κ3) is 4.88. The molecule has 4 rings (SSSR count). The van der Waals surface area contributed by atoms with Gasteiger partial charge in [0.05, 0.1) is 10.9 Å². The van der Waals surface area contributed by atoms with Gasteiger partial charge in [-0.3, -0.25) is 9.69 Å². The monoisotopic (exact) mass is 466 g/mol. The molecule has 0 saturated carbocycles. The highest BCUT2D eigenvalue weighted by Crippen LogP contribution is 2.28. The number of fused-ring (bicyclic) bond motifs is 1. The molecule has 1 aliphatic heterocycles. The minimum Gasteiger partial charge on any atom is -0.353 e. The first-order valence-electron chi connectivity index (χ1n) is 11.0. The van der Waals surface area contributed by atoms with Crippen LogP contribution in [0, 0.1) is 0 Å². The molecule has 1 N–H and O–H groups in total. The Hall–Kier alpha value is -2.94. The third-order valence-electron chi connectivity index (χ3n) is 6.28. The van der Waals surface area contributed by atoms with E-state index in [1.807, 2.05) is 19.3 Å². The molecular weight excluding hydrogens is 436 g/mol. The Morgan fingerprint density at radius 2 is 1.73 bits per heavy atom. The van der Waals surface area contributed by atoms with E-state index in [1.165, 1.54) is 37.4 Å². The number of hydrogen-bond donors (Lipinski definition) is 1. The van der Waals surface area contributed by atoms with Crippen LogP contribution in [0.1, 0.15) is 33.2 Å². The lowest BCUT2D eigenvalue weighted by Gasteiger charge is -2.36. The number of nitrogens with one attached hydrogen (secondary N) is 1. The quantitative estimate of drug-likeness (QED) is 0.581. The summed E-state index contributed by atoms with van der Waals surface area (Å²) in [5.74, 6) is -0.222. The van der Waals surface area contributed by atoms with Gasteiger partial charge in [0.1, 0.15) is 0 Å². The lowest BCUT2D eigenvalue weighted by Crippen LogP contribution is -2.41. The first-order chi connectivity index (χ1) is 15.8. The summed E-state index contributed by atoms with van der Waals surface area (Å²) in [6.45, 7) is 2.20. The molecule has 1 aromatic heterocycles. The normalized spacial score (nSPS) is 15.3. The number of aryl methyl sites for hydroxylation is 1. The van der Waals surface area contributed by atoms with Crippen molar-refractivity contribution >= 4 is 15.9 Å². The van der Waals surface area contributed by atoms with E-state index < -0.39 is 10.0 Å². The fraction of sp³-hybridized carbons (Fsp3) is 0.320. The molecule has 1 amide bonds. The molecule has 1 unspecified atom stereocenters. The molecule has 3 aromatic rings. The van der Waals surface area contributed by atoms with Crippen LogP contribution in [-0.2, 0) is 30.0 Å². The molecule has 8 heteroatoms. The molecule has 1 aliphatic rings. The molecule has 0 fully saturated rings. The van der Waals surface area contributed by atoms with Crippen LogP contribution in [-0.4, -0.2) is 55.3 Å². The van der Waals surface area contributed by atoms with Gasteiger partial charge < -0.3 is 9.88 Å². The van der Waals surface area contributed by atoms with Gasteiger partial charge in [-0.15, -0.1) is 0 Å². The predicted molar refractivity (Wildman–Crippen MR) is 128 cm³/mol. The Kier molecular flexibility index (Phi) is 6.69. The lowest BCUT2D eigenvalue weighted by molar-refractivity contribution is 0.0925. The average molecular weight is 467 g/mol. The fourth-order valence-corrected chi connectivity index (χ4v) is 5.21. The predicted octanol–water partition coefficient (Wildman–Crippen LogP) is 2.80. The molecule has 1 atom stereocenters. The van der Waals surface area contributed by atoms with Crippen molar-refractivity contribution in [3.8, 4) is 0 Å². The molecular formula is C25H30N4O3S. The number of rotatable bonds is 7. The van der Waals surface area contributed by atoms with Crippen molar-refractivity contribution in [3.63, 3.8) is 0 Å². The number of benzene rings is 2. The number of carbonyl (C=O) groups excluding carboxylic acids is 1. The van der Waals surface area contributed by atoms with Crippen molar-refractivity contribution < 1.29 is 13.2 Å². The standard InChI is InChI=1S/C25H30N4O3S/c1-27(2)33(31,32)22-12-10-20(11-13-22)25(30)26-17-24(23-9-6-15-28(23)3)29-16-14-19-7-4-5-8-21(19)18-29/h4-13,15,24H,14,16-18H2,1-3H3,(H,26,30). The molecule has 0 radical (unpaired) electrons. The van der Waals surface area contributed by atoms with Crippen molar-refractivity contribution in [3.05, 3.63) is 89.2 Å². The van der Waals surface area contributed by atoms with Gasteiger partial charge in [0.15, 0.2) is 0 Å². The molecule has 2 heterocycles. The summed E-state index contributed by atoms with van der Waals surface area (Å²) in [6.07, 6.45) is 3.00. The van der Waals surface area contributed by atoms with E-state index in [1.54, 1.807) is 12.1 Å². The Labute approximate surface area is 195 Å². The van der Waals surface area contributed by atoms with E-state index >= 15 is 0 Å². The van der Waals surface area contributed by atoms with Gasteiger partial charge in [0, 0.05) is 58.2 Å². The van der Waals surface area contributed by atoms with Gasteiger partial charge in [0.25, 0.3) is 5.91 Å². The van der Waals surface area contributed by atoms with E-state index in [4.69, 9.17) is 0 Å². The summed E-state index contributed by atoms with van der Waals surface area (Å²) >= 11 is 0. The summed E-state index contributed by atoms with van der Waals surface area (Å²) in [5, 5.41) is 3.06. The smallest absolute Gasteiger partial charge is 0.251 e. The highest BCUT2D eigenvalue weighted by Gasteiger charge is 2.27. The fourth-order valence-electron chi connectivity index (χ4n) is 4.31. The summed E-state index contributed by atoms with van der Waals surface area (Å²) in [4.78, 5) is 15.5. The maximum atomic E-state index is 12.9. The summed E-state index contributed by atoms with van der Waals surface area (Å²) in [6, 6.07) is 18.7. The highest BCUT2D eigenvalue weighted by atomic mass is 32.2. The van der Waals surface area contributed by atoms with Crippen LogP contribution in [0.25, 0.3) is 0 Å². The van der Waals surface area contributed by atoms with Crippen molar-refractivity contribution in [2.45, 2.75) is 23.9 Å². The molecule has 0 saturated heterocycles. The van der Waals surface area contributed by atoms with Gasteiger partial charge in [-0.05, 0) is 53.9 Å². The zero-order valence-corrected chi connectivity index (χ0v) is 20.0. The summed E-state index contributed by atoms with van der Waals surface area (Å²) in [5.41, 5.74) is 4.28. The van der Waals surface area contributed by atoms with Gasteiger partial charge in [-0.2, -0.15) is 0 Å². The Balaban J connectivity index is 1.50. The van der Waals surface area contributed by atoms with E-state index in [-0.39, 0.29) is 16.8 Å². The second kappa shape index (κ2) is 9.51. The number of amides is 1. The van der Waals surface area contributed by atoms with Gasteiger partial charge in [-0.25, -0.2) is 12.7 Å². The van der Waals surface area contributed by atoms with Crippen molar-refractivity contribution in [2.75, 3.05) is 27.2 Å². The molecule has 7 nitrogen and oxygen atoms in total. The summed E-state index contributed by atoms with van der Waals surface area (Å²) in [7, 11) is 1.46. The molecule has 0 spiro atoms. The molecule has 2 aromatic carbocycles. The molecule has 174 valence electrons. The van der Waals surface area contributed by atoms with Gasteiger partial charge in [0.2, 0.25) is 10.0 Å². The first kappa shape index (κ1) is 23.2. The number of aromatic nitrogens is 1. The largest absolute Gasteiger partial charge is 0.353 e. The Morgan fingerprint density at radius 1 is 1.03 bits per heavy atom. The number of sulfonamides is 1.